The largest absolute Gasteiger partial charge is 0.481 e. The van der Waals surface area contributed by atoms with Crippen LogP contribution >= 0.6 is 11.6 Å². The molecule has 2 heterocycles. The molecular weight excluding hydrogens is 575 g/mol. The van der Waals surface area contributed by atoms with Gasteiger partial charge >= 0.3 is 5.97 Å². The smallest absolute Gasteiger partial charge is 0.306 e. The zero-order valence-corrected chi connectivity index (χ0v) is 23.7. The fourth-order valence-electron chi connectivity index (χ4n) is 5.86. The quantitative estimate of drug-likeness (QED) is 0.345. The van der Waals surface area contributed by atoms with Crippen molar-refractivity contribution in [1.29, 1.82) is 0 Å². The molecule has 2 N–H and O–H groups in total. The Hall–Kier alpha value is -3.57. The van der Waals surface area contributed by atoms with Gasteiger partial charge in [-0.1, -0.05) is 29.8 Å². The summed E-state index contributed by atoms with van der Waals surface area (Å²) in [6.07, 6.45) is 2.21. The van der Waals surface area contributed by atoms with Gasteiger partial charge in [0.15, 0.2) is 0 Å². The van der Waals surface area contributed by atoms with Crippen LogP contribution in [0.3, 0.4) is 0 Å². The predicted molar refractivity (Wildman–Crippen MR) is 150 cm³/mol. The van der Waals surface area contributed by atoms with Crippen molar-refractivity contribution in [3.8, 4) is 0 Å². The Labute approximate surface area is 245 Å². The average Bonchev–Trinajstić information content (AvgIpc) is 3.46. The van der Waals surface area contributed by atoms with Gasteiger partial charge in [-0.3, -0.25) is 14.4 Å². The first-order valence-corrected chi connectivity index (χ1v) is 14.1. The van der Waals surface area contributed by atoms with Crippen LogP contribution in [0, 0.1) is 11.7 Å². The van der Waals surface area contributed by atoms with Crippen LogP contribution < -0.4 is 5.32 Å². The van der Waals surface area contributed by atoms with Crippen molar-refractivity contribution in [3.63, 3.8) is 0 Å². The molecule has 0 bridgehead atoms. The van der Waals surface area contributed by atoms with Gasteiger partial charge in [-0.2, -0.15) is 0 Å². The van der Waals surface area contributed by atoms with Gasteiger partial charge in [0.1, 0.15) is 5.82 Å². The number of carbonyl (C=O) groups excluding carboxylic acids is 2. The third-order valence-corrected chi connectivity index (χ3v) is 8.43. The number of nitrogens with one attached hydrogen (secondary N) is 1. The summed E-state index contributed by atoms with van der Waals surface area (Å²) in [7, 11) is 1.80. The molecule has 1 saturated heterocycles. The number of halogens is 4. The van der Waals surface area contributed by atoms with E-state index in [4.69, 9.17) is 21.4 Å². The predicted octanol–water partition coefficient (Wildman–Crippen LogP) is 5.66. The summed E-state index contributed by atoms with van der Waals surface area (Å²) in [4.78, 5) is 38.3. The van der Waals surface area contributed by atoms with Crippen molar-refractivity contribution >= 4 is 46.0 Å². The van der Waals surface area contributed by atoms with Gasteiger partial charge in [0.05, 0.1) is 53.9 Å². The van der Waals surface area contributed by atoms with Crippen molar-refractivity contribution in [1.82, 2.24) is 9.47 Å². The second-order valence-electron chi connectivity index (χ2n) is 11.1. The molecule has 0 radical (unpaired) electrons. The zero-order valence-electron chi connectivity index (χ0n) is 22.9. The fourth-order valence-corrected chi connectivity index (χ4v) is 6.09. The first-order chi connectivity index (χ1) is 19.9. The third kappa shape index (κ3) is 6.42. The number of carbonyl (C=O) groups is 3. The Balaban J connectivity index is 1.23. The standard InChI is InChI=1S/C30H31ClF3N3O5/c1-36-14-22(21-4-2-3-5-26(21)36)28(39)35-25-12-24(32)18(10-23(25)31)11-27(38)37-16-30(33,34)13-19(37)15-42-20-8-6-17(7-9-20)29(40)41/h2-5,10,12,14,17,19-20H,6-9,11,13,15-16H2,1H3,(H,35,39)(H,40,41)/t17-,19-,20-/m0/s1. The van der Waals surface area contributed by atoms with Crippen LogP contribution in [0.1, 0.15) is 48.0 Å². The van der Waals surface area contributed by atoms with E-state index in [1.165, 1.54) is 6.07 Å². The highest BCUT2D eigenvalue weighted by Gasteiger charge is 2.47. The number of alkyl halides is 2. The number of carboxylic acids is 1. The number of amides is 2. The molecule has 1 aliphatic heterocycles. The number of aryl methyl sites for hydroxylation is 1. The monoisotopic (exact) mass is 605 g/mol. The van der Waals surface area contributed by atoms with E-state index < -0.39 is 60.9 Å². The van der Waals surface area contributed by atoms with Crippen LogP contribution in [-0.4, -0.2) is 63.6 Å². The number of hydrogen-bond acceptors (Lipinski definition) is 4. The number of aromatic nitrogens is 1. The van der Waals surface area contributed by atoms with E-state index >= 15 is 4.39 Å². The molecule has 0 spiro atoms. The van der Waals surface area contributed by atoms with Gasteiger partial charge in [0.25, 0.3) is 11.8 Å². The maximum Gasteiger partial charge on any atom is 0.306 e. The molecular formula is C30H31ClF3N3O5. The minimum Gasteiger partial charge on any atom is -0.481 e. The third-order valence-electron chi connectivity index (χ3n) is 8.11. The van der Waals surface area contributed by atoms with Crippen LogP contribution in [0.2, 0.25) is 5.02 Å². The van der Waals surface area contributed by atoms with Crippen molar-refractivity contribution < 1.29 is 37.4 Å². The van der Waals surface area contributed by atoms with Crippen molar-refractivity contribution in [2.75, 3.05) is 18.5 Å². The van der Waals surface area contributed by atoms with Crippen LogP contribution in [-0.2, 0) is 27.8 Å². The molecule has 2 fully saturated rings. The minimum absolute atomic E-state index is 0.00335. The van der Waals surface area contributed by atoms with Crippen molar-refractivity contribution in [3.05, 3.63) is 64.6 Å². The highest BCUT2D eigenvalue weighted by atomic mass is 35.5. The minimum atomic E-state index is -3.11. The van der Waals surface area contributed by atoms with Gasteiger partial charge in [-0.25, -0.2) is 13.2 Å². The van der Waals surface area contributed by atoms with Crippen molar-refractivity contribution in [2.45, 2.75) is 56.6 Å². The molecule has 5 rings (SSSR count). The Morgan fingerprint density at radius 3 is 2.57 bits per heavy atom. The number of nitrogens with zero attached hydrogens (tertiary/aromatic N) is 2. The number of ether oxygens (including phenoxy) is 1. The maximum atomic E-state index is 15.1. The van der Waals surface area contributed by atoms with Gasteiger partial charge in [-0.15, -0.1) is 0 Å². The Morgan fingerprint density at radius 2 is 1.86 bits per heavy atom. The summed E-state index contributed by atoms with van der Waals surface area (Å²) >= 11 is 6.35. The molecule has 2 amide bonds. The average molecular weight is 606 g/mol. The van der Waals surface area contributed by atoms with E-state index in [-0.39, 0.29) is 29.0 Å². The molecule has 1 aliphatic carbocycles. The lowest BCUT2D eigenvalue weighted by Crippen LogP contribution is -2.41. The lowest BCUT2D eigenvalue weighted by Gasteiger charge is -2.29. The summed E-state index contributed by atoms with van der Waals surface area (Å²) in [5.74, 6) is -6.40. The van der Waals surface area contributed by atoms with Crippen molar-refractivity contribution in [2.24, 2.45) is 13.0 Å². The summed E-state index contributed by atoms with van der Waals surface area (Å²) < 4.78 is 51.4. The van der Waals surface area contributed by atoms with Crippen LogP contribution in [0.5, 0.6) is 0 Å². The number of likely N-dealkylation sites (tertiary alicyclic amines) is 1. The van der Waals surface area contributed by atoms with Gasteiger partial charge in [0, 0.05) is 30.6 Å². The van der Waals surface area contributed by atoms with Gasteiger partial charge in [-0.05, 0) is 49.4 Å². The maximum absolute atomic E-state index is 15.1. The van der Waals surface area contributed by atoms with E-state index in [1.807, 2.05) is 12.1 Å². The number of carboxylic acid groups (broad SMARTS) is 1. The van der Waals surface area contributed by atoms with E-state index in [1.54, 1.807) is 29.9 Å². The number of hydrogen-bond donors (Lipinski definition) is 2. The molecule has 2 aromatic carbocycles. The first kappa shape index (κ1) is 29.9. The summed E-state index contributed by atoms with van der Waals surface area (Å²) in [5, 5.41) is 12.5. The topological polar surface area (TPSA) is 101 Å². The van der Waals surface area contributed by atoms with Gasteiger partial charge < -0.3 is 24.6 Å². The first-order valence-electron chi connectivity index (χ1n) is 13.8. The normalized spacial score (nSPS) is 21.9. The van der Waals surface area contributed by atoms with E-state index in [0.29, 0.717) is 36.6 Å². The molecule has 3 aromatic rings. The molecule has 0 unspecified atom stereocenters. The lowest BCUT2D eigenvalue weighted by atomic mass is 9.87. The Bertz CT molecular complexity index is 1520. The van der Waals surface area contributed by atoms with E-state index in [0.717, 1.165) is 16.5 Å². The number of benzene rings is 2. The lowest BCUT2D eigenvalue weighted by molar-refractivity contribution is -0.144. The Morgan fingerprint density at radius 1 is 1.14 bits per heavy atom. The number of fused-ring (bicyclic) bond motifs is 1. The number of para-hydroxylation sites is 1. The molecule has 1 aromatic heterocycles. The van der Waals surface area contributed by atoms with Crippen LogP contribution in [0.25, 0.3) is 10.9 Å². The number of rotatable bonds is 8. The highest BCUT2D eigenvalue weighted by molar-refractivity contribution is 6.34. The SMILES string of the molecule is Cn1cc(C(=O)Nc2cc(F)c(CC(=O)N3CC(F)(F)C[C@H]3CO[C@H]3CC[C@H](C(=O)O)CC3)cc2Cl)c2ccccc21. The molecule has 8 nitrogen and oxygen atoms in total. The molecule has 42 heavy (non-hydrogen) atoms. The highest BCUT2D eigenvalue weighted by Crippen LogP contribution is 2.35. The second kappa shape index (κ2) is 12.0. The fraction of sp³-hybridized carbons (Fsp3) is 0.433. The molecule has 224 valence electrons. The van der Waals surface area contributed by atoms with Crippen LogP contribution in [0.4, 0.5) is 18.9 Å². The van der Waals surface area contributed by atoms with E-state index in [2.05, 4.69) is 5.32 Å². The summed E-state index contributed by atoms with van der Waals surface area (Å²) in [6.45, 7) is -0.924. The molecule has 12 heteroatoms. The molecule has 1 saturated carbocycles. The van der Waals surface area contributed by atoms with E-state index in [9.17, 15) is 23.2 Å². The van der Waals surface area contributed by atoms with Gasteiger partial charge in [0.2, 0.25) is 5.91 Å². The number of aliphatic carboxylic acids is 1. The second-order valence-corrected chi connectivity index (χ2v) is 11.5. The number of anilines is 1. The Kier molecular flexibility index (Phi) is 8.52. The zero-order chi connectivity index (χ0) is 30.2. The molecule has 1 atom stereocenters. The molecule has 2 aliphatic rings. The summed E-state index contributed by atoms with van der Waals surface area (Å²) in [6, 6.07) is 8.65. The summed E-state index contributed by atoms with van der Waals surface area (Å²) in [5.41, 5.74) is 1.15. The van der Waals surface area contributed by atoms with Crippen LogP contribution in [0.15, 0.2) is 42.6 Å².